The number of hydrogen-bond acceptors (Lipinski definition) is 3. The first-order chi connectivity index (χ1) is 6.43. The van der Waals surface area contributed by atoms with Gasteiger partial charge in [-0.2, -0.15) is 0 Å². The number of rotatable bonds is 1. The van der Waals surface area contributed by atoms with E-state index in [4.69, 9.17) is 5.84 Å². The number of nitrogens with one attached hydrogen (secondary N) is 2. The number of para-hydroxylation sites is 1. The van der Waals surface area contributed by atoms with E-state index >= 15 is 0 Å². The van der Waals surface area contributed by atoms with Crippen molar-refractivity contribution in [3.8, 4) is 0 Å². The molecule has 4 heteroatoms. The van der Waals surface area contributed by atoms with Gasteiger partial charge in [-0.25, -0.2) is 4.98 Å². The summed E-state index contributed by atoms with van der Waals surface area (Å²) in [4.78, 5) is 6.42. The first-order valence-corrected chi connectivity index (χ1v) is 3.88. The molecule has 4 N–H and O–H groups in total. The molecule has 68 valence electrons. The first kappa shape index (κ1) is 9.28. The van der Waals surface area contributed by atoms with E-state index in [-0.39, 0.29) is 0 Å². The zero-order valence-electron chi connectivity index (χ0n) is 7.14. The minimum absolute atomic E-state index is 0.938. The van der Waals surface area contributed by atoms with Crippen LogP contribution in [0.3, 0.4) is 0 Å². The lowest BCUT2D eigenvalue weighted by molar-refractivity contribution is 1.31. The fourth-order valence-corrected chi connectivity index (χ4v) is 0.750. The van der Waals surface area contributed by atoms with Gasteiger partial charge in [0.2, 0.25) is 0 Å². The fourth-order valence-electron chi connectivity index (χ4n) is 0.750. The van der Waals surface area contributed by atoms with Crippen molar-refractivity contribution in [2.75, 3.05) is 5.43 Å². The van der Waals surface area contributed by atoms with E-state index in [0.717, 1.165) is 5.69 Å². The monoisotopic (exact) mass is 176 g/mol. The number of nitrogen functional groups attached to an aromatic ring is 1. The second-order valence-electron chi connectivity index (χ2n) is 2.27. The predicted octanol–water partition coefficient (Wildman–Crippen LogP) is 1.38. The molecule has 0 saturated heterocycles. The molecule has 0 fully saturated rings. The maximum absolute atomic E-state index is 5.10. The number of nitrogens with two attached hydrogens (primary N) is 1. The van der Waals surface area contributed by atoms with Gasteiger partial charge in [0.15, 0.2) is 0 Å². The first-order valence-electron chi connectivity index (χ1n) is 3.88. The number of imidazole rings is 1. The molecule has 0 bridgehead atoms. The van der Waals surface area contributed by atoms with E-state index in [9.17, 15) is 0 Å². The number of hydrogen-bond donors (Lipinski definition) is 3. The average Bonchev–Trinajstić information content (AvgIpc) is 2.77. The molecule has 2 rings (SSSR count). The molecule has 0 aliphatic rings. The summed E-state index contributed by atoms with van der Waals surface area (Å²) in [5, 5.41) is 0. The molecule has 0 radical (unpaired) electrons. The Labute approximate surface area is 76.8 Å². The third-order valence-corrected chi connectivity index (χ3v) is 1.35. The maximum atomic E-state index is 5.10. The lowest BCUT2D eigenvalue weighted by Gasteiger charge is -1.94. The van der Waals surface area contributed by atoms with Crippen molar-refractivity contribution in [2.24, 2.45) is 5.84 Å². The van der Waals surface area contributed by atoms with Crippen molar-refractivity contribution >= 4 is 5.69 Å². The van der Waals surface area contributed by atoms with Crippen LogP contribution in [0.25, 0.3) is 0 Å². The number of anilines is 1. The van der Waals surface area contributed by atoms with Crippen molar-refractivity contribution in [2.45, 2.75) is 0 Å². The van der Waals surface area contributed by atoms with Crippen molar-refractivity contribution in [1.29, 1.82) is 0 Å². The molecular formula is C9H12N4. The van der Waals surface area contributed by atoms with Crippen LogP contribution in [0.2, 0.25) is 0 Å². The molecule has 1 aromatic carbocycles. The highest BCUT2D eigenvalue weighted by atomic mass is 15.2. The normalized spacial score (nSPS) is 8.38. The molecule has 4 nitrogen and oxygen atoms in total. The van der Waals surface area contributed by atoms with Crippen molar-refractivity contribution in [3.63, 3.8) is 0 Å². The molecule has 13 heavy (non-hydrogen) atoms. The molecule has 0 atom stereocenters. The summed E-state index contributed by atoms with van der Waals surface area (Å²) in [5.74, 6) is 5.10. The Balaban J connectivity index is 0.000000145. The highest BCUT2D eigenvalue weighted by Gasteiger charge is 1.78. The smallest absolute Gasteiger partial charge is 0.0919 e. The van der Waals surface area contributed by atoms with Crippen LogP contribution in [-0.2, 0) is 0 Å². The zero-order chi connectivity index (χ0) is 9.36. The van der Waals surface area contributed by atoms with E-state index in [2.05, 4.69) is 15.4 Å². The second kappa shape index (κ2) is 5.79. The number of aromatic amines is 1. The number of aromatic nitrogens is 2. The van der Waals surface area contributed by atoms with Crippen molar-refractivity contribution in [1.82, 2.24) is 9.97 Å². The summed E-state index contributed by atoms with van der Waals surface area (Å²) in [6.07, 6.45) is 5.08. The van der Waals surface area contributed by atoms with Crippen molar-refractivity contribution < 1.29 is 0 Å². The molecule has 2 aromatic rings. The van der Waals surface area contributed by atoms with Gasteiger partial charge in [0, 0.05) is 18.1 Å². The largest absolute Gasteiger partial charge is 0.351 e. The van der Waals surface area contributed by atoms with Crippen LogP contribution in [-0.4, -0.2) is 9.97 Å². The Morgan fingerprint density at radius 2 is 2.00 bits per heavy atom. The van der Waals surface area contributed by atoms with Crippen LogP contribution < -0.4 is 11.3 Å². The highest BCUT2D eigenvalue weighted by Crippen LogP contribution is 2.00. The molecule has 0 amide bonds. The van der Waals surface area contributed by atoms with Gasteiger partial charge < -0.3 is 10.4 Å². The summed E-state index contributed by atoms with van der Waals surface area (Å²) in [7, 11) is 0. The SMILES string of the molecule is NNc1ccccc1.c1c[nH]cn1. The molecule has 0 aliphatic heterocycles. The minimum Gasteiger partial charge on any atom is -0.351 e. The Kier molecular flexibility index (Phi) is 4.13. The van der Waals surface area contributed by atoms with Crippen LogP contribution in [0.4, 0.5) is 5.69 Å². The van der Waals surface area contributed by atoms with E-state index in [1.807, 2.05) is 30.3 Å². The Bertz CT molecular complexity index is 273. The van der Waals surface area contributed by atoms with Crippen LogP contribution in [0.1, 0.15) is 0 Å². The fraction of sp³-hybridized carbons (Fsp3) is 0. The van der Waals surface area contributed by atoms with Gasteiger partial charge in [-0.1, -0.05) is 18.2 Å². The molecule has 0 aliphatic carbocycles. The van der Waals surface area contributed by atoms with E-state index in [0.29, 0.717) is 0 Å². The summed E-state index contributed by atoms with van der Waals surface area (Å²) in [6.45, 7) is 0. The minimum atomic E-state index is 0.938. The van der Waals surface area contributed by atoms with Crippen LogP contribution in [0.15, 0.2) is 49.1 Å². The summed E-state index contributed by atoms with van der Waals surface area (Å²) < 4.78 is 0. The molecule has 0 spiro atoms. The summed E-state index contributed by atoms with van der Waals surface area (Å²) in [5.41, 5.74) is 3.46. The molecule has 1 heterocycles. The molecular weight excluding hydrogens is 164 g/mol. The van der Waals surface area contributed by atoms with Gasteiger partial charge in [0.25, 0.3) is 0 Å². The topological polar surface area (TPSA) is 66.7 Å². The average molecular weight is 176 g/mol. The Morgan fingerprint density at radius 1 is 1.23 bits per heavy atom. The molecule has 1 aromatic heterocycles. The number of hydrazine groups is 1. The molecule has 0 saturated carbocycles. The van der Waals surface area contributed by atoms with Gasteiger partial charge in [-0.15, -0.1) is 0 Å². The summed E-state index contributed by atoms with van der Waals surface area (Å²) in [6, 6.07) is 9.60. The van der Waals surface area contributed by atoms with Gasteiger partial charge in [0.1, 0.15) is 0 Å². The second-order valence-corrected chi connectivity index (χ2v) is 2.27. The predicted molar refractivity (Wildman–Crippen MR) is 52.8 cm³/mol. The highest BCUT2D eigenvalue weighted by molar-refractivity contribution is 5.40. The van der Waals surface area contributed by atoms with Crippen LogP contribution in [0, 0.1) is 0 Å². The third-order valence-electron chi connectivity index (χ3n) is 1.35. The van der Waals surface area contributed by atoms with Crippen molar-refractivity contribution in [3.05, 3.63) is 49.1 Å². The number of nitrogens with zero attached hydrogens (tertiary/aromatic N) is 1. The van der Waals surface area contributed by atoms with Gasteiger partial charge >= 0.3 is 0 Å². The molecule has 0 unspecified atom stereocenters. The van der Waals surface area contributed by atoms with Gasteiger partial charge in [-0.05, 0) is 12.1 Å². The quantitative estimate of drug-likeness (QED) is 0.454. The van der Waals surface area contributed by atoms with E-state index in [1.54, 1.807) is 18.7 Å². The number of benzene rings is 1. The summed E-state index contributed by atoms with van der Waals surface area (Å²) >= 11 is 0. The number of H-pyrrole nitrogens is 1. The third kappa shape index (κ3) is 3.93. The van der Waals surface area contributed by atoms with E-state index in [1.165, 1.54) is 0 Å². The van der Waals surface area contributed by atoms with Gasteiger partial charge in [0.05, 0.1) is 6.33 Å². The Morgan fingerprint density at radius 3 is 2.31 bits per heavy atom. The maximum Gasteiger partial charge on any atom is 0.0919 e. The van der Waals surface area contributed by atoms with Crippen LogP contribution in [0.5, 0.6) is 0 Å². The standard InChI is InChI=1S/C6H8N2.C3H4N2/c7-8-6-4-2-1-3-5-6;1-2-5-3-4-1/h1-5,8H,7H2;1-3H,(H,4,5). The zero-order valence-corrected chi connectivity index (χ0v) is 7.14. The van der Waals surface area contributed by atoms with Crippen LogP contribution >= 0.6 is 0 Å². The van der Waals surface area contributed by atoms with E-state index < -0.39 is 0 Å². The lowest BCUT2D eigenvalue weighted by atomic mass is 10.3. The van der Waals surface area contributed by atoms with Gasteiger partial charge in [-0.3, -0.25) is 5.84 Å². The lowest BCUT2D eigenvalue weighted by Crippen LogP contribution is -2.05. The Hall–Kier alpha value is -1.81.